The molecule has 146 valence electrons. The van der Waals surface area contributed by atoms with Crippen LogP contribution in [0.1, 0.15) is 38.8 Å². The summed E-state index contributed by atoms with van der Waals surface area (Å²) in [5, 5.41) is 11.1. The summed E-state index contributed by atoms with van der Waals surface area (Å²) in [5.41, 5.74) is 4.03. The highest BCUT2D eigenvalue weighted by Gasteiger charge is 2.20. The Kier molecular flexibility index (Phi) is 5.89. The van der Waals surface area contributed by atoms with Crippen molar-refractivity contribution in [3.8, 4) is 11.5 Å². The molecule has 0 saturated heterocycles. The van der Waals surface area contributed by atoms with Gasteiger partial charge >= 0.3 is 0 Å². The number of carbonyl (C=O) groups is 1. The second kappa shape index (κ2) is 8.19. The fourth-order valence-electron chi connectivity index (χ4n) is 2.64. The van der Waals surface area contributed by atoms with Crippen LogP contribution in [0.4, 0.5) is 5.69 Å². The molecule has 1 atom stereocenters. The van der Waals surface area contributed by atoms with Crippen molar-refractivity contribution in [1.29, 1.82) is 0 Å². The van der Waals surface area contributed by atoms with E-state index in [1.807, 2.05) is 50.2 Å². The predicted molar refractivity (Wildman–Crippen MR) is 114 cm³/mol. The lowest BCUT2D eigenvalue weighted by Crippen LogP contribution is -2.22. The highest BCUT2D eigenvalue weighted by molar-refractivity contribution is 8.00. The minimum atomic E-state index is -0.365. The van der Waals surface area contributed by atoms with Crippen LogP contribution in [0.3, 0.4) is 0 Å². The number of anilines is 1. The zero-order valence-electron chi connectivity index (χ0n) is 16.8. The van der Waals surface area contributed by atoms with E-state index in [2.05, 4.69) is 48.4 Å². The van der Waals surface area contributed by atoms with Crippen molar-refractivity contribution in [1.82, 2.24) is 10.2 Å². The summed E-state index contributed by atoms with van der Waals surface area (Å²) in [6.45, 7) is 10.3. The summed E-state index contributed by atoms with van der Waals surface area (Å²) in [5.74, 6) is 0.350. The summed E-state index contributed by atoms with van der Waals surface area (Å²) in [7, 11) is 0. The average Bonchev–Trinajstić information content (AvgIpc) is 3.11. The molecule has 0 spiro atoms. The van der Waals surface area contributed by atoms with E-state index in [0.717, 1.165) is 16.8 Å². The first kappa shape index (κ1) is 20.1. The Morgan fingerprint density at radius 2 is 1.75 bits per heavy atom. The quantitative estimate of drug-likeness (QED) is 0.581. The molecule has 0 aliphatic rings. The van der Waals surface area contributed by atoms with Gasteiger partial charge in [0, 0.05) is 11.3 Å². The van der Waals surface area contributed by atoms with Gasteiger partial charge < -0.3 is 9.73 Å². The van der Waals surface area contributed by atoms with Gasteiger partial charge in [0.15, 0.2) is 0 Å². The van der Waals surface area contributed by atoms with Crippen molar-refractivity contribution < 1.29 is 9.21 Å². The smallest absolute Gasteiger partial charge is 0.277 e. The van der Waals surface area contributed by atoms with Crippen LogP contribution in [0.5, 0.6) is 0 Å². The number of thioether (sulfide) groups is 1. The number of rotatable bonds is 5. The number of hydrogen-bond acceptors (Lipinski definition) is 5. The van der Waals surface area contributed by atoms with Crippen LogP contribution in [-0.4, -0.2) is 21.4 Å². The highest BCUT2D eigenvalue weighted by Crippen LogP contribution is 2.29. The van der Waals surface area contributed by atoms with E-state index in [4.69, 9.17) is 4.42 Å². The van der Waals surface area contributed by atoms with Gasteiger partial charge in [-0.15, -0.1) is 10.2 Å². The molecule has 0 radical (unpaired) electrons. The molecule has 1 unspecified atom stereocenters. The SMILES string of the molecule is Cc1ccccc1NC(=O)C(C)Sc1nnc(-c2ccc(C(C)(C)C)cc2)o1. The molecule has 0 bridgehead atoms. The molecule has 3 aromatic rings. The van der Waals surface area contributed by atoms with E-state index >= 15 is 0 Å². The van der Waals surface area contributed by atoms with Crippen LogP contribution in [0.2, 0.25) is 0 Å². The van der Waals surface area contributed by atoms with Crippen molar-refractivity contribution in [3.05, 3.63) is 59.7 Å². The van der Waals surface area contributed by atoms with E-state index in [1.165, 1.54) is 17.3 Å². The number of para-hydroxylation sites is 1. The molecular weight excluding hydrogens is 370 g/mol. The Morgan fingerprint density at radius 3 is 2.39 bits per heavy atom. The normalized spacial score (nSPS) is 12.6. The van der Waals surface area contributed by atoms with Gasteiger partial charge in [0.25, 0.3) is 5.22 Å². The molecule has 1 aromatic heterocycles. The van der Waals surface area contributed by atoms with Crippen LogP contribution in [0.15, 0.2) is 58.2 Å². The molecule has 6 heteroatoms. The van der Waals surface area contributed by atoms with Crippen LogP contribution in [0.25, 0.3) is 11.5 Å². The molecule has 0 aliphatic heterocycles. The summed E-state index contributed by atoms with van der Waals surface area (Å²) in [4.78, 5) is 12.5. The second-order valence-electron chi connectivity index (χ2n) is 7.76. The van der Waals surface area contributed by atoms with Crippen molar-refractivity contribution in [3.63, 3.8) is 0 Å². The fourth-order valence-corrected chi connectivity index (χ4v) is 3.32. The number of carbonyl (C=O) groups excluding carboxylic acids is 1. The van der Waals surface area contributed by atoms with Crippen molar-refractivity contribution in [2.45, 2.75) is 50.5 Å². The lowest BCUT2D eigenvalue weighted by atomic mass is 9.87. The molecule has 1 heterocycles. The van der Waals surface area contributed by atoms with Crippen LogP contribution in [-0.2, 0) is 10.2 Å². The maximum Gasteiger partial charge on any atom is 0.277 e. The molecule has 3 rings (SSSR count). The number of aryl methyl sites for hydroxylation is 1. The number of nitrogens with zero attached hydrogens (tertiary/aromatic N) is 2. The van der Waals surface area contributed by atoms with Gasteiger partial charge in [-0.25, -0.2) is 0 Å². The molecule has 5 nitrogen and oxygen atoms in total. The Hall–Kier alpha value is -2.60. The average molecular weight is 396 g/mol. The Balaban J connectivity index is 1.65. The van der Waals surface area contributed by atoms with Crippen molar-refractivity contribution in [2.75, 3.05) is 5.32 Å². The first-order valence-electron chi connectivity index (χ1n) is 9.21. The first-order chi connectivity index (χ1) is 13.2. The minimum absolute atomic E-state index is 0.0916. The standard InChI is InChI=1S/C22H25N3O2S/c1-14-8-6-7-9-18(14)23-19(26)15(2)28-21-25-24-20(27-21)16-10-12-17(13-11-16)22(3,4)5/h6-13,15H,1-5H3,(H,23,26). The van der Waals surface area contributed by atoms with Gasteiger partial charge in [-0.3, -0.25) is 4.79 Å². The van der Waals surface area contributed by atoms with E-state index in [0.29, 0.717) is 11.1 Å². The van der Waals surface area contributed by atoms with Crippen molar-refractivity contribution in [2.24, 2.45) is 0 Å². The van der Waals surface area contributed by atoms with Crippen molar-refractivity contribution >= 4 is 23.4 Å². The Bertz CT molecular complexity index is 958. The third-order valence-corrected chi connectivity index (χ3v) is 5.39. The maximum absolute atomic E-state index is 12.5. The van der Waals surface area contributed by atoms with Gasteiger partial charge in [-0.1, -0.05) is 62.9 Å². The molecule has 28 heavy (non-hydrogen) atoms. The van der Waals surface area contributed by atoms with Crippen LogP contribution in [0, 0.1) is 6.92 Å². The van der Waals surface area contributed by atoms with Gasteiger partial charge in [0.05, 0.1) is 5.25 Å². The van der Waals surface area contributed by atoms with Gasteiger partial charge in [-0.05, 0) is 48.6 Å². The summed E-state index contributed by atoms with van der Waals surface area (Å²) < 4.78 is 5.75. The van der Waals surface area contributed by atoms with Crippen LogP contribution >= 0.6 is 11.8 Å². The number of aromatic nitrogens is 2. The molecule has 0 aliphatic carbocycles. The lowest BCUT2D eigenvalue weighted by molar-refractivity contribution is -0.115. The number of hydrogen-bond donors (Lipinski definition) is 1. The molecule has 2 aromatic carbocycles. The van der Waals surface area contributed by atoms with Gasteiger partial charge in [-0.2, -0.15) is 0 Å². The Labute approximate surface area is 170 Å². The predicted octanol–water partition coefficient (Wildman–Crippen LogP) is 5.46. The first-order valence-corrected chi connectivity index (χ1v) is 10.1. The van der Waals surface area contributed by atoms with Crippen LogP contribution < -0.4 is 5.32 Å². The summed E-state index contributed by atoms with van der Waals surface area (Å²) in [6, 6.07) is 15.8. The number of nitrogens with one attached hydrogen (secondary N) is 1. The molecule has 1 amide bonds. The zero-order chi connectivity index (χ0) is 20.3. The summed E-state index contributed by atoms with van der Waals surface area (Å²) >= 11 is 1.25. The number of amides is 1. The Morgan fingerprint density at radius 1 is 1.07 bits per heavy atom. The molecular formula is C22H25N3O2S. The topological polar surface area (TPSA) is 68.0 Å². The summed E-state index contributed by atoms with van der Waals surface area (Å²) in [6.07, 6.45) is 0. The van der Waals surface area contributed by atoms with E-state index in [-0.39, 0.29) is 16.6 Å². The monoisotopic (exact) mass is 395 g/mol. The van der Waals surface area contributed by atoms with Gasteiger partial charge in [0.1, 0.15) is 0 Å². The molecule has 1 N–H and O–H groups in total. The number of benzene rings is 2. The van der Waals surface area contributed by atoms with E-state index in [1.54, 1.807) is 0 Å². The lowest BCUT2D eigenvalue weighted by Gasteiger charge is -2.18. The minimum Gasteiger partial charge on any atom is -0.411 e. The van der Waals surface area contributed by atoms with E-state index in [9.17, 15) is 4.79 Å². The fraction of sp³-hybridized carbons (Fsp3) is 0.318. The third kappa shape index (κ3) is 4.81. The molecule has 0 fully saturated rings. The third-order valence-electron chi connectivity index (χ3n) is 4.45. The zero-order valence-corrected chi connectivity index (χ0v) is 17.6. The largest absolute Gasteiger partial charge is 0.411 e. The maximum atomic E-state index is 12.5. The van der Waals surface area contributed by atoms with E-state index < -0.39 is 0 Å². The highest BCUT2D eigenvalue weighted by atomic mass is 32.2. The molecule has 0 saturated carbocycles. The van der Waals surface area contributed by atoms with Gasteiger partial charge in [0.2, 0.25) is 11.8 Å². The second-order valence-corrected chi connectivity index (χ2v) is 9.06.